The first-order valence-corrected chi connectivity index (χ1v) is 10.7. The summed E-state index contributed by atoms with van der Waals surface area (Å²) < 4.78 is 0. The van der Waals surface area contributed by atoms with Crippen molar-refractivity contribution in [1.29, 1.82) is 0 Å². The van der Waals surface area contributed by atoms with Gasteiger partial charge in [-0.05, 0) is 36.8 Å². The highest BCUT2D eigenvalue weighted by Gasteiger charge is 2.31. The maximum atomic E-state index is 6.28. The number of quaternary nitrogens is 2. The molecule has 25 heavy (non-hydrogen) atoms. The third kappa shape index (κ3) is 3.75. The molecule has 0 bridgehead atoms. The van der Waals surface area contributed by atoms with Crippen LogP contribution in [0.3, 0.4) is 0 Å². The van der Waals surface area contributed by atoms with Gasteiger partial charge in [-0.15, -0.1) is 0 Å². The van der Waals surface area contributed by atoms with E-state index >= 15 is 0 Å². The molecule has 2 heterocycles. The number of rotatable bonds is 4. The van der Waals surface area contributed by atoms with Crippen molar-refractivity contribution in [1.82, 2.24) is 0 Å². The highest BCUT2D eigenvalue weighted by Crippen LogP contribution is 2.40. The maximum absolute atomic E-state index is 6.28. The van der Waals surface area contributed by atoms with E-state index in [0.29, 0.717) is 6.04 Å². The molecule has 0 radical (unpaired) electrons. The lowest BCUT2D eigenvalue weighted by Crippen LogP contribution is -3.16. The Bertz CT molecular complexity index is 748. The SMILES string of the molecule is CC[NH+]1CCC[C@@H]1C[NH2+][C@@H]1Cc2cc(Cl)ccc2Sc2ccccc21. The summed E-state index contributed by atoms with van der Waals surface area (Å²) in [6.07, 6.45) is 3.83. The predicted molar refractivity (Wildman–Crippen MR) is 105 cm³/mol. The van der Waals surface area contributed by atoms with E-state index in [9.17, 15) is 0 Å². The first kappa shape index (κ1) is 17.4. The summed E-state index contributed by atoms with van der Waals surface area (Å²) >= 11 is 8.18. The summed E-state index contributed by atoms with van der Waals surface area (Å²) in [4.78, 5) is 4.54. The zero-order chi connectivity index (χ0) is 17.2. The minimum absolute atomic E-state index is 0.488. The molecular weight excluding hydrogens is 348 g/mol. The largest absolute Gasteiger partial charge is 0.335 e. The molecule has 0 aromatic heterocycles. The molecule has 2 aliphatic rings. The zero-order valence-corrected chi connectivity index (χ0v) is 16.4. The number of fused-ring (bicyclic) bond motifs is 2. The van der Waals surface area contributed by atoms with Gasteiger partial charge in [-0.2, -0.15) is 0 Å². The summed E-state index contributed by atoms with van der Waals surface area (Å²) in [6.45, 7) is 6.16. The average Bonchev–Trinajstić information content (AvgIpc) is 3.02. The third-order valence-electron chi connectivity index (χ3n) is 5.79. The summed E-state index contributed by atoms with van der Waals surface area (Å²) in [5.74, 6) is 0. The van der Waals surface area contributed by atoms with Crippen molar-refractivity contribution in [3.05, 3.63) is 58.6 Å². The van der Waals surface area contributed by atoms with Crippen LogP contribution in [0.1, 0.15) is 36.9 Å². The number of nitrogens with one attached hydrogen (secondary N) is 1. The van der Waals surface area contributed by atoms with Gasteiger partial charge >= 0.3 is 0 Å². The molecule has 1 unspecified atom stereocenters. The summed E-state index contributed by atoms with van der Waals surface area (Å²) in [6, 6.07) is 16.6. The number of benzene rings is 2. The van der Waals surface area contributed by atoms with Gasteiger partial charge < -0.3 is 10.2 Å². The predicted octanol–water partition coefficient (Wildman–Crippen LogP) is 2.72. The second-order valence-electron chi connectivity index (χ2n) is 7.27. The van der Waals surface area contributed by atoms with E-state index in [4.69, 9.17) is 11.6 Å². The summed E-state index contributed by atoms with van der Waals surface area (Å²) in [5.41, 5.74) is 2.87. The first-order valence-electron chi connectivity index (χ1n) is 9.47. The van der Waals surface area contributed by atoms with E-state index in [2.05, 4.69) is 48.6 Å². The lowest BCUT2D eigenvalue weighted by Gasteiger charge is -2.22. The van der Waals surface area contributed by atoms with Crippen LogP contribution in [0.5, 0.6) is 0 Å². The van der Waals surface area contributed by atoms with Gasteiger partial charge in [-0.25, -0.2) is 0 Å². The lowest BCUT2D eigenvalue weighted by atomic mass is 9.98. The van der Waals surface area contributed by atoms with Crippen molar-refractivity contribution in [3.63, 3.8) is 0 Å². The highest BCUT2D eigenvalue weighted by molar-refractivity contribution is 7.99. The normalized spacial score (nSPS) is 25.3. The van der Waals surface area contributed by atoms with E-state index in [1.807, 2.05) is 17.8 Å². The average molecular weight is 375 g/mol. The molecule has 132 valence electrons. The molecule has 0 amide bonds. The first-order chi connectivity index (χ1) is 12.2. The Hall–Kier alpha value is -1.00. The fourth-order valence-corrected chi connectivity index (χ4v) is 5.75. The van der Waals surface area contributed by atoms with E-state index in [1.54, 1.807) is 4.90 Å². The maximum Gasteiger partial charge on any atom is 0.137 e. The Morgan fingerprint density at radius 1 is 1.20 bits per heavy atom. The van der Waals surface area contributed by atoms with Crippen molar-refractivity contribution in [2.24, 2.45) is 0 Å². The monoisotopic (exact) mass is 374 g/mol. The van der Waals surface area contributed by atoms with E-state index in [1.165, 1.54) is 53.4 Å². The minimum atomic E-state index is 0.488. The van der Waals surface area contributed by atoms with Crippen LogP contribution in [-0.2, 0) is 6.42 Å². The number of nitrogens with two attached hydrogens (primary N) is 1. The molecule has 3 atom stereocenters. The fourth-order valence-electron chi connectivity index (χ4n) is 4.42. The molecule has 1 saturated heterocycles. The van der Waals surface area contributed by atoms with Gasteiger partial charge in [0.25, 0.3) is 0 Å². The van der Waals surface area contributed by atoms with Crippen LogP contribution in [0.2, 0.25) is 5.02 Å². The van der Waals surface area contributed by atoms with Gasteiger partial charge in [-0.1, -0.05) is 41.6 Å². The van der Waals surface area contributed by atoms with Crippen LogP contribution in [0.15, 0.2) is 52.3 Å². The molecule has 2 nitrogen and oxygen atoms in total. The summed E-state index contributed by atoms with van der Waals surface area (Å²) in [5, 5.41) is 3.45. The van der Waals surface area contributed by atoms with E-state index in [-0.39, 0.29) is 0 Å². The van der Waals surface area contributed by atoms with Crippen LogP contribution < -0.4 is 10.2 Å². The van der Waals surface area contributed by atoms with Crippen LogP contribution in [0.25, 0.3) is 0 Å². The van der Waals surface area contributed by atoms with Crippen LogP contribution in [0, 0.1) is 0 Å². The molecule has 4 heteroatoms. The molecule has 0 saturated carbocycles. The second kappa shape index (κ2) is 7.71. The van der Waals surface area contributed by atoms with Gasteiger partial charge in [0, 0.05) is 39.6 Å². The van der Waals surface area contributed by atoms with E-state index in [0.717, 1.165) is 17.5 Å². The van der Waals surface area contributed by atoms with Crippen molar-refractivity contribution >= 4 is 23.4 Å². The lowest BCUT2D eigenvalue weighted by molar-refractivity contribution is -0.926. The third-order valence-corrected chi connectivity index (χ3v) is 7.23. The Morgan fingerprint density at radius 3 is 2.96 bits per heavy atom. The molecule has 0 spiro atoms. The van der Waals surface area contributed by atoms with Crippen LogP contribution in [-0.4, -0.2) is 25.7 Å². The van der Waals surface area contributed by atoms with Gasteiger partial charge in [0.15, 0.2) is 0 Å². The Morgan fingerprint density at radius 2 is 2.08 bits per heavy atom. The van der Waals surface area contributed by atoms with Gasteiger partial charge in [0.1, 0.15) is 18.6 Å². The fraction of sp³-hybridized carbons (Fsp3) is 0.429. The Kier molecular flexibility index (Phi) is 5.37. The van der Waals surface area contributed by atoms with Crippen molar-refractivity contribution in [2.45, 2.75) is 48.1 Å². The van der Waals surface area contributed by atoms with Gasteiger partial charge in [-0.3, -0.25) is 0 Å². The molecule has 0 aliphatic carbocycles. The summed E-state index contributed by atoms with van der Waals surface area (Å²) in [7, 11) is 0. The quantitative estimate of drug-likeness (QED) is 0.843. The number of likely N-dealkylation sites (tertiary alicyclic amines) is 1. The topological polar surface area (TPSA) is 21.1 Å². The standard InChI is InChI=1S/C21H25ClN2S/c1-2-24-11-5-6-17(24)14-23-19-13-15-12-16(22)9-10-20(15)25-21-8-4-3-7-18(19)21/h3-4,7-10,12,17,19,23H,2,5-6,11,13-14H2,1H3/p+2/t17-,19-/m1/s1. The number of hydrogen-bond donors (Lipinski definition) is 2. The van der Waals surface area contributed by atoms with Crippen molar-refractivity contribution in [2.75, 3.05) is 19.6 Å². The van der Waals surface area contributed by atoms with Gasteiger partial charge in [0.05, 0.1) is 13.1 Å². The molecule has 2 aromatic rings. The molecule has 4 rings (SSSR count). The van der Waals surface area contributed by atoms with Gasteiger partial charge in [0.2, 0.25) is 0 Å². The second-order valence-corrected chi connectivity index (χ2v) is 8.80. The smallest absolute Gasteiger partial charge is 0.137 e. The molecule has 3 N–H and O–H groups in total. The highest BCUT2D eigenvalue weighted by atomic mass is 35.5. The van der Waals surface area contributed by atoms with Crippen molar-refractivity contribution in [3.8, 4) is 0 Å². The molecule has 1 fully saturated rings. The number of hydrogen-bond acceptors (Lipinski definition) is 1. The van der Waals surface area contributed by atoms with Crippen molar-refractivity contribution < 1.29 is 10.2 Å². The molecule has 2 aliphatic heterocycles. The minimum Gasteiger partial charge on any atom is -0.335 e. The number of likely N-dealkylation sites (N-methyl/N-ethyl adjacent to an activating group) is 1. The number of halogens is 1. The molecular formula is C21H27ClN2S+2. The van der Waals surface area contributed by atoms with E-state index < -0.39 is 0 Å². The molecule has 2 aromatic carbocycles. The Labute approximate surface area is 159 Å². The van der Waals surface area contributed by atoms with Crippen LogP contribution in [0.4, 0.5) is 0 Å². The van der Waals surface area contributed by atoms with Crippen LogP contribution >= 0.6 is 23.4 Å². The zero-order valence-electron chi connectivity index (χ0n) is 14.8. The Balaban J connectivity index is 1.59.